The number of aromatic nitrogens is 1. The Kier molecular flexibility index (Phi) is 5.14. The zero-order valence-electron chi connectivity index (χ0n) is 21.7. The van der Waals surface area contributed by atoms with Crippen molar-refractivity contribution in [3.8, 4) is 11.1 Å². The third kappa shape index (κ3) is 3.63. The van der Waals surface area contributed by atoms with Crippen molar-refractivity contribution in [1.82, 2.24) is 4.98 Å². The largest absolute Gasteiger partial charge is 0.435 e. The van der Waals surface area contributed by atoms with E-state index in [0.29, 0.717) is 5.71 Å². The number of hydrogen-bond acceptors (Lipinski definition) is 3. The van der Waals surface area contributed by atoms with Crippen LogP contribution in [-0.2, 0) is 0 Å². The molecule has 188 valence electrons. The van der Waals surface area contributed by atoms with Crippen LogP contribution in [0.2, 0.25) is 0 Å². The summed E-state index contributed by atoms with van der Waals surface area (Å²) in [7, 11) is 0. The fraction of sp³-hybridized carbons (Fsp3) is 0. The average molecular weight is 513 g/mol. The quantitative estimate of drug-likeness (QED) is 0.220. The number of para-hydroxylation sites is 1. The number of nitrogens with zero attached hydrogens (tertiary/aromatic N) is 2. The molecule has 0 aliphatic heterocycles. The van der Waals surface area contributed by atoms with E-state index in [4.69, 9.17) is 4.42 Å². The van der Waals surface area contributed by atoms with Crippen LogP contribution in [0.3, 0.4) is 0 Å². The van der Waals surface area contributed by atoms with E-state index in [-0.39, 0.29) is 0 Å². The van der Waals surface area contributed by atoms with Gasteiger partial charge >= 0.3 is 0 Å². The van der Waals surface area contributed by atoms with Crippen LogP contribution >= 0.6 is 0 Å². The summed E-state index contributed by atoms with van der Waals surface area (Å²) in [5.74, 6) is 0. The number of rotatable bonds is 4. The Hall–Kier alpha value is -5.41. The normalized spacial score (nSPS) is 11.5. The molecule has 0 atom stereocenters. The molecule has 3 heteroatoms. The van der Waals surface area contributed by atoms with Crippen molar-refractivity contribution in [3.05, 3.63) is 146 Å². The topological polar surface area (TPSA) is 29.3 Å². The fourth-order valence-corrected chi connectivity index (χ4v) is 5.79. The van der Waals surface area contributed by atoms with Crippen LogP contribution in [0.15, 0.2) is 150 Å². The average Bonchev–Trinajstić information content (AvgIpc) is 3.41. The molecule has 0 radical (unpaired) electrons. The Labute approximate surface area is 231 Å². The predicted octanol–water partition coefficient (Wildman–Crippen LogP) is 10.4. The Balaban J connectivity index is 1.35. The molecule has 40 heavy (non-hydrogen) atoms. The first-order valence-corrected chi connectivity index (χ1v) is 13.5. The van der Waals surface area contributed by atoms with E-state index in [1.807, 2.05) is 12.1 Å². The monoisotopic (exact) mass is 512 g/mol. The first-order valence-electron chi connectivity index (χ1n) is 13.5. The van der Waals surface area contributed by atoms with Gasteiger partial charge in [0.25, 0.3) is 0 Å². The highest BCUT2D eigenvalue weighted by Gasteiger charge is 2.20. The van der Waals surface area contributed by atoms with E-state index in [0.717, 1.165) is 33.4 Å². The molecule has 3 nitrogen and oxygen atoms in total. The summed E-state index contributed by atoms with van der Waals surface area (Å²) in [5.41, 5.74) is 6.94. The molecule has 0 aliphatic carbocycles. The second-order valence-corrected chi connectivity index (χ2v) is 10.1. The number of furan rings is 1. The predicted molar refractivity (Wildman–Crippen MR) is 167 cm³/mol. The Bertz CT molecular complexity index is 2160. The zero-order chi connectivity index (χ0) is 26.5. The van der Waals surface area contributed by atoms with Crippen molar-refractivity contribution < 1.29 is 4.42 Å². The summed E-state index contributed by atoms with van der Waals surface area (Å²) in [5, 5.41) is 7.02. The summed E-state index contributed by atoms with van der Waals surface area (Å²) in [4.78, 5) is 6.78. The molecule has 0 saturated carbocycles. The fourth-order valence-electron chi connectivity index (χ4n) is 5.79. The molecular weight excluding hydrogens is 488 g/mol. The summed E-state index contributed by atoms with van der Waals surface area (Å²) in [6.45, 7) is 0. The summed E-state index contributed by atoms with van der Waals surface area (Å²) in [6.07, 6.45) is 1.78. The number of pyridine rings is 1. The standard InChI is InChI=1S/C37H24N2O/c1-2-8-25(9-3-1)26-17-19-29(20-18-26)39(35-14-6-12-33-34-13-7-23-38-37(34)40-36(33)35)30-21-22-32-28(24-30)16-15-27-10-4-5-11-31(27)32/h1-24H. The van der Waals surface area contributed by atoms with E-state index in [1.165, 1.54) is 32.7 Å². The molecule has 0 amide bonds. The van der Waals surface area contributed by atoms with Crippen LogP contribution in [0.5, 0.6) is 0 Å². The van der Waals surface area contributed by atoms with E-state index in [1.54, 1.807) is 6.20 Å². The molecule has 6 aromatic carbocycles. The third-order valence-corrected chi connectivity index (χ3v) is 7.71. The maximum atomic E-state index is 6.39. The summed E-state index contributed by atoms with van der Waals surface area (Å²) < 4.78 is 6.39. The lowest BCUT2D eigenvalue weighted by Gasteiger charge is -2.26. The molecule has 0 saturated heterocycles. The minimum absolute atomic E-state index is 0.648. The maximum absolute atomic E-state index is 6.39. The van der Waals surface area contributed by atoms with Gasteiger partial charge in [0.1, 0.15) is 0 Å². The van der Waals surface area contributed by atoms with Crippen LogP contribution in [-0.4, -0.2) is 4.98 Å². The molecule has 0 aliphatic rings. The molecule has 8 aromatic rings. The first-order chi connectivity index (χ1) is 19.8. The number of anilines is 3. The molecule has 0 bridgehead atoms. The summed E-state index contributed by atoms with van der Waals surface area (Å²) in [6, 6.07) is 49.3. The summed E-state index contributed by atoms with van der Waals surface area (Å²) >= 11 is 0. The van der Waals surface area contributed by atoms with Gasteiger partial charge in [0.2, 0.25) is 5.71 Å². The van der Waals surface area contributed by atoms with Crippen LogP contribution in [0, 0.1) is 0 Å². The van der Waals surface area contributed by atoms with Crippen molar-refractivity contribution in [3.63, 3.8) is 0 Å². The lowest BCUT2D eigenvalue weighted by Crippen LogP contribution is -2.10. The first kappa shape index (κ1) is 22.6. The van der Waals surface area contributed by atoms with Gasteiger partial charge in [0.15, 0.2) is 5.58 Å². The van der Waals surface area contributed by atoms with Gasteiger partial charge in [-0.3, -0.25) is 0 Å². The van der Waals surface area contributed by atoms with Crippen molar-refractivity contribution >= 4 is 60.7 Å². The Morgan fingerprint density at radius 2 is 1.18 bits per heavy atom. The van der Waals surface area contributed by atoms with Gasteiger partial charge in [-0.15, -0.1) is 0 Å². The number of fused-ring (bicyclic) bond motifs is 6. The van der Waals surface area contributed by atoms with Gasteiger partial charge in [0.05, 0.1) is 5.69 Å². The molecule has 2 aromatic heterocycles. The smallest absolute Gasteiger partial charge is 0.227 e. The Morgan fingerprint density at radius 1 is 0.475 bits per heavy atom. The lowest BCUT2D eigenvalue weighted by atomic mass is 10.0. The number of hydrogen-bond donors (Lipinski definition) is 0. The van der Waals surface area contributed by atoms with Crippen LogP contribution in [0.25, 0.3) is 54.7 Å². The second kappa shape index (κ2) is 9.11. The van der Waals surface area contributed by atoms with Crippen molar-refractivity contribution in [2.45, 2.75) is 0 Å². The van der Waals surface area contributed by atoms with Crippen LogP contribution in [0.1, 0.15) is 0 Å². The zero-order valence-corrected chi connectivity index (χ0v) is 21.7. The highest BCUT2D eigenvalue weighted by molar-refractivity contribution is 6.11. The SMILES string of the molecule is c1ccc(-c2ccc(N(c3ccc4c(ccc5ccccc54)c3)c3cccc4c3oc3ncccc34)cc2)cc1. The van der Waals surface area contributed by atoms with Crippen LogP contribution in [0.4, 0.5) is 17.1 Å². The van der Waals surface area contributed by atoms with Crippen molar-refractivity contribution in [2.24, 2.45) is 0 Å². The van der Waals surface area contributed by atoms with E-state index in [9.17, 15) is 0 Å². The van der Waals surface area contributed by atoms with Gasteiger partial charge < -0.3 is 9.32 Å². The van der Waals surface area contributed by atoms with Gasteiger partial charge in [0, 0.05) is 28.3 Å². The van der Waals surface area contributed by atoms with Gasteiger partial charge in [-0.05, 0) is 75.1 Å². The van der Waals surface area contributed by atoms with E-state index < -0.39 is 0 Å². The minimum atomic E-state index is 0.648. The van der Waals surface area contributed by atoms with Gasteiger partial charge in [-0.25, -0.2) is 4.98 Å². The van der Waals surface area contributed by atoms with E-state index >= 15 is 0 Å². The van der Waals surface area contributed by atoms with Gasteiger partial charge in [-0.2, -0.15) is 0 Å². The molecule has 0 N–H and O–H groups in total. The number of benzene rings is 6. The molecule has 2 heterocycles. The van der Waals surface area contributed by atoms with Crippen molar-refractivity contribution in [1.29, 1.82) is 0 Å². The molecule has 0 spiro atoms. The van der Waals surface area contributed by atoms with E-state index in [2.05, 4.69) is 137 Å². The van der Waals surface area contributed by atoms with Gasteiger partial charge in [-0.1, -0.05) is 97.1 Å². The highest BCUT2D eigenvalue weighted by atomic mass is 16.3. The Morgan fingerprint density at radius 3 is 2.08 bits per heavy atom. The molecular formula is C37H24N2O. The highest BCUT2D eigenvalue weighted by Crippen LogP contribution is 2.43. The second-order valence-electron chi connectivity index (χ2n) is 10.1. The van der Waals surface area contributed by atoms with Crippen molar-refractivity contribution in [2.75, 3.05) is 4.90 Å². The third-order valence-electron chi connectivity index (χ3n) is 7.71. The van der Waals surface area contributed by atoms with Crippen LogP contribution < -0.4 is 4.90 Å². The maximum Gasteiger partial charge on any atom is 0.227 e. The molecule has 0 unspecified atom stereocenters. The lowest BCUT2D eigenvalue weighted by molar-refractivity contribution is 0.654. The molecule has 0 fully saturated rings. The molecule has 8 rings (SSSR count). The minimum Gasteiger partial charge on any atom is -0.435 e.